The molecule has 41 heavy (non-hydrogen) atoms. The number of imidazole rings is 2. The lowest BCUT2D eigenvalue weighted by molar-refractivity contribution is -0.139. The van der Waals surface area contributed by atoms with Crippen LogP contribution >= 0.6 is 0 Å². The Morgan fingerprint density at radius 1 is 0.878 bits per heavy atom. The molecular weight excluding hydrogens is 508 g/mol. The summed E-state index contributed by atoms with van der Waals surface area (Å²) < 4.78 is 9.43. The van der Waals surface area contributed by atoms with Crippen LogP contribution in [0.4, 0.5) is 0 Å². The summed E-state index contributed by atoms with van der Waals surface area (Å²) in [5.74, 6) is 1.81. The third kappa shape index (κ3) is 5.02. The third-order valence-corrected chi connectivity index (χ3v) is 7.83. The van der Waals surface area contributed by atoms with Gasteiger partial charge >= 0.3 is 5.97 Å². The molecule has 6 nitrogen and oxygen atoms in total. The van der Waals surface area contributed by atoms with Gasteiger partial charge in [0.05, 0.1) is 35.6 Å². The van der Waals surface area contributed by atoms with Crippen molar-refractivity contribution in [3.63, 3.8) is 0 Å². The Morgan fingerprint density at radius 3 is 2.39 bits per heavy atom. The Bertz CT molecular complexity index is 1880. The second-order valence-corrected chi connectivity index (χ2v) is 10.6. The first-order valence-corrected chi connectivity index (χ1v) is 14.1. The molecule has 0 unspecified atom stereocenters. The Hall–Kier alpha value is -4.71. The number of para-hydroxylation sites is 2. The number of fused-ring (bicyclic) bond motifs is 2. The molecule has 4 aromatic carbocycles. The van der Waals surface area contributed by atoms with E-state index in [0.29, 0.717) is 0 Å². The van der Waals surface area contributed by atoms with Gasteiger partial charge in [0.25, 0.3) is 0 Å². The van der Waals surface area contributed by atoms with Gasteiger partial charge in [-0.3, -0.25) is 4.79 Å². The molecule has 0 aliphatic rings. The number of nitrogens with zero attached hydrogens (tertiary/aromatic N) is 4. The van der Waals surface area contributed by atoms with Gasteiger partial charge in [-0.2, -0.15) is 0 Å². The molecule has 0 aliphatic carbocycles. The van der Waals surface area contributed by atoms with Gasteiger partial charge in [0.2, 0.25) is 0 Å². The summed E-state index contributed by atoms with van der Waals surface area (Å²) in [6, 6.07) is 29.3. The van der Waals surface area contributed by atoms with Crippen molar-refractivity contribution in [3.8, 4) is 22.5 Å². The van der Waals surface area contributed by atoms with E-state index in [9.17, 15) is 4.79 Å². The molecule has 206 valence electrons. The zero-order valence-electron chi connectivity index (χ0n) is 24.0. The van der Waals surface area contributed by atoms with Gasteiger partial charge in [-0.05, 0) is 65.4 Å². The zero-order chi connectivity index (χ0) is 28.5. The fourth-order valence-electron chi connectivity index (χ4n) is 5.72. The quantitative estimate of drug-likeness (QED) is 0.190. The minimum atomic E-state index is -0.238. The minimum absolute atomic E-state index is 0.238. The standard InChI is InChI=1S/C35H34N4O2/c1-5-10-32-37-34-23(2)19-27(35-36-29-13-8-9-14-30(29)38(35)3)20-31(34)39(32)22-24-15-17-25(18-16-24)28-12-7-6-11-26(28)21-33(40)41-4/h6-9,11-20H,5,10,21-22H2,1-4H3. The lowest BCUT2D eigenvalue weighted by atomic mass is 9.97. The summed E-state index contributed by atoms with van der Waals surface area (Å²) in [7, 11) is 3.50. The van der Waals surface area contributed by atoms with Crippen LogP contribution in [0, 0.1) is 6.92 Å². The Morgan fingerprint density at radius 2 is 1.63 bits per heavy atom. The van der Waals surface area contributed by atoms with E-state index >= 15 is 0 Å². The summed E-state index contributed by atoms with van der Waals surface area (Å²) >= 11 is 0. The molecule has 0 atom stereocenters. The number of hydrogen-bond acceptors (Lipinski definition) is 4. The molecule has 6 rings (SSSR count). The van der Waals surface area contributed by atoms with E-state index in [0.717, 1.165) is 80.9 Å². The number of methoxy groups -OCH3 is 1. The van der Waals surface area contributed by atoms with E-state index in [-0.39, 0.29) is 12.4 Å². The topological polar surface area (TPSA) is 61.9 Å². The molecule has 2 aromatic heterocycles. The highest BCUT2D eigenvalue weighted by Crippen LogP contribution is 2.31. The Labute approximate surface area is 240 Å². The van der Waals surface area contributed by atoms with Crippen molar-refractivity contribution in [3.05, 3.63) is 107 Å². The van der Waals surface area contributed by atoms with Crippen molar-refractivity contribution in [1.29, 1.82) is 0 Å². The smallest absolute Gasteiger partial charge is 0.309 e. The van der Waals surface area contributed by atoms with Crippen LogP contribution in [0.1, 0.15) is 35.9 Å². The molecule has 0 N–H and O–H groups in total. The van der Waals surface area contributed by atoms with Crippen molar-refractivity contribution in [2.24, 2.45) is 7.05 Å². The monoisotopic (exact) mass is 542 g/mol. The molecule has 0 spiro atoms. The Balaban J connectivity index is 1.38. The van der Waals surface area contributed by atoms with Crippen LogP contribution in [0.3, 0.4) is 0 Å². The number of benzene rings is 4. The first-order valence-electron chi connectivity index (χ1n) is 14.1. The molecule has 0 saturated carbocycles. The fraction of sp³-hybridized carbons (Fsp3) is 0.229. The van der Waals surface area contributed by atoms with E-state index in [1.807, 2.05) is 24.3 Å². The molecule has 0 saturated heterocycles. The van der Waals surface area contributed by atoms with Crippen molar-refractivity contribution >= 4 is 28.0 Å². The highest BCUT2D eigenvalue weighted by atomic mass is 16.5. The largest absolute Gasteiger partial charge is 0.469 e. The summed E-state index contributed by atoms with van der Waals surface area (Å²) in [5, 5.41) is 0. The van der Waals surface area contributed by atoms with Crippen molar-refractivity contribution in [2.75, 3.05) is 7.11 Å². The van der Waals surface area contributed by atoms with E-state index in [4.69, 9.17) is 14.7 Å². The molecule has 2 heterocycles. The van der Waals surface area contributed by atoms with Gasteiger partial charge in [0, 0.05) is 25.6 Å². The van der Waals surface area contributed by atoms with Crippen LogP contribution in [-0.2, 0) is 36.0 Å². The highest BCUT2D eigenvalue weighted by molar-refractivity contribution is 5.87. The van der Waals surface area contributed by atoms with E-state index < -0.39 is 0 Å². The first kappa shape index (κ1) is 26.5. The molecule has 6 aromatic rings. The second kappa shape index (κ2) is 11.0. The Kier molecular flexibility index (Phi) is 7.14. The van der Waals surface area contributed by atoms with Gasteiger partial charge in [0.15, 0.2) is 0 Å². The number of carbonyl (C=O) groups excluding carboxylic acids is 1. The number of hydrogen-bond donors (Lipinski definition) is 0. The molecule has 6 heteroatoms. The molecule has 0 radical (unpaired) electrons. The van der Waals surface area contributed by atoms with E-state index in [1.165, 1.54) is 12.7 Å². The van der Waals surface area contributed by atoms with E-state index in [2.05, 4.69) is 90.7 Å². The number of aryl methyl sites for hydroxylation is 3. The van der Waals surface area contributed by atoms with Crippen molar-refractivity contribution in [2.45, 2.75) is 39.7 Å². The van der Waals surface area contributed by atoms with Crippen LogP contribution in [-0.4, -0.2) is 32.2 Å². The SMILES string of the molecule is CCCc1nc2c(C)cc(-c3nc4ccccc4n3C)cc2n1Cc1ccc(-c2ccccc2CC(=O)OC)cc1. The lowest BCUT2D eigenvalue weighted by Gasteiger charge is -2.12. The number of ether oxygens (including phenoxy) is 1. The van der Waals surface area contributed by atoms with E-state index in [1.54, 1.807) is 0 Å². The average molecular weight is 543 g/mol. The summed E-state index contributed by atoms with van der Waals surface area (Å²) in [4.78, 5) is 22.0. The molecule has 0 aliphatic heterocycles. The van der Waals surface area contributed by atoms with Gasteiger partial charge in [-0.25, -0.2) is 9.97 Å². The average Bonchev–Trinajstić information content (AvgIpc) is 3.51. The fourth-order valence-corrected chi connectivity index (χ4v) is 5.72. The number of carbonyl (C=O) groups is 1. The maximum Gasteiger partial charge on any atom is 0.309 e. The molecule has 0 fully saturated rings. The van der Waals surface area contributed by atoms with Crippen LogP contribution in [0.5, 0.6) is 0 Å². The zero-order valence-corrected chi connectivity index (χ0v) is 24.0. The van der Waals surface area contributed by atoms with Gasteiger partial charge < -0.3 is 13.9 Å². The van der Waals surface area contributed by atoms with Gasteiger partial charge in [-0.15, -0.1) is 0 Å². The summed E-state index contributed by atoms with van der Waals surface area (Å²) in [6.07, 6.45) is 2.19. The minimum Gasteiger partial charge on any atom is -0.469 e. The predicted octanol–water partition coefficient (Wildman–Crippen LogP) is 7.28. The number of rotatable bonds is 8. The maximum atomic E-state index is 12.0. The number of aromatic nitrogens is 4. The third-order valence-electron chi connectivity index (χ3n) is 7.83. The van der Waals surface area contributed by atoms with Crippen LogP contribution in [0.15, 0.2) is 84.9 Å². The lowest BCUT2D eigenvalue weighted by Crippen LogP contribution is -2.06. The van der Waals surface area contributed by atoms with Gasteiger partial charge in [0.1, 0.15) is 11.6 Å². The maximum absolute atomic E-state index is 12.0. The van der Waals surface area contributed by atoms with Gasteiger partial charge in [-0.1, -0.05) is 67.6 Å². The first-order chi connectivity index (χ1) is 20.0. The normalized spacial score (nSPS) is 11.4. The molecule has 0 amide bonds. The van der Waals surface area contributed by atoms with Crippen molar-refractivity contribution < 1.29 is 9.53 Å². The molecular formula is C35H34N4O2. The molecule has 0 bridgehead atoms. The highest BCUT2D eigenvalue weighted by Gasteiger charge is 2.17. The van der Waals surface area contributed by atoms with Crippen LogP contribution in [0.2, 0.25) is 0 Å². The number of esters is 1. The summed E-state index contributed by atoms with van der Waals surface area (Å²) in [6.45, 7) is 5.06. The van der Waals surface area contributed by atoms with Crippen LogP contribution in [0.25, 0.3) is 44.6 Å². The predicted molar refractivity (Wildman–Crippen MR) is 165 cm³/mol. The second-order valence-electron chi connectivity index (χ2n) is 10.6. The summed E-state index contributed by atoms with van der Waals surface area (Å²) in [5.41, 5.74) is 10.8. The van der Waals surface area contributed by atoms with Crippen molar-refractivity contribution in [1.82, 2.24) is 19.1 Å². The van der Waals surface area contributed by atoms with Crippen LogP contribution < -0.4 is 0 Å².